The molecule has 1 fully saturated rings. The predicted molar refractivity (Wildman–Crippen MR) is 68.6 cm³/mol. The average molecular weight is 242 g/mol. The van der Waals surface area contributed by atoms with Crippen LogP contribution in [-0.2, 0) is 9.53 Å². The zero-order chi connectivity index (χ0) is 13.3. The number of nitrogens with one attached hydrogen (secondary N) is 1. The number of ether oxygens (including phenoxy) is 1. The molecule has 100 valence electrons. The van der Waals surface area contributed by atoms with E-state index in [-0.39, 0.29) is 23.0 Å². The number of amides is 1. The van der Waals surface area contributed by atoms with E-state index >= 15 is 0 Å². The van der Waals surface area contributed by atoms with Crippen LogP contribution in [0.1, 0.15) is 47.5 Å². The smallest absolute Gasteiger partial charge is 0.237 e. The minimum absolute atomic E-state index is 0.0554. The van der Waals surface area contributed by atoms with Crippen LogP contribution in [0.15, 0.2) is 0 Å². The van der Waals surface area contributed by atoms with Gasteiger partial charge in [0.25, 0.3) is 0 Å². The molecule has 0 aromatic heterocycles. The third-order valence-corrected chi connectivity index (χ3v) is 3.26. The standard InChI is InChI=1S/C13H26N2O2/c1-12(2,3)10(14)11(16)15-9-6-7-17-13(4,5)8-9/h9-10H,6-8,14H2,1-5H3,(H,15,16)/t9?,10-/m0/s1. The first-order chi connectivity index (χ1) is 7.62. The van der Waals surface area contributed by atoms with Crippen LogP contribution >= 0.6 is 0 Å². The Balaban J connectivity index is 2.52. The molecular formula is C13H26N2O2. The van der Waals surface area contributed by atoms with Gasteiger partial charge < -0.3 is 15.8 Å². The lowest BCUT2D eigenvalue weighted by Gasteiger charge is -2.37. The second-order valence-corrected chi connectivity index (χ2v) is 6.65. The highest BCUT2D eigenvalue weighted by molar-refractivity contribution is 5.82. The van der Waals surface area contributed by atoms with Crippen LogP contribution in [0.5, 0.6) is 0 Å². The molecule has 1 unspecified atom stereocenters. The van der Waals surface area contributed by atoms with Crippen molar-refractivity contribution in [3.63, 3.8) is 0 Å². The first-order valence-electron chi connectivity index (χ1n) is 6.32. The Hall–Kier alpha value is -0.610. The third-order valence-electron chi connectivity index (χ3n) is 3.26. The maximum Gasteiger partial charge on any atom is 0.237 e. The molecule has 1 heterocycles. The van der Waals surface area contributed by atoms with Gasteiger partial charge in [0.1, 0.15) is 0 Å². The van der Waals surface area contributed by atoms with Crippen molar-refractivity contribution in [2.75, 3.05) is 6.61 Å². The average Bonchev–Trinajstić information content (AvgIpc) is 2.13. The summed E-state index contributed by atoms with van der Waals surface area (Å²) >= 11 is 0. The monoisotopic (exact) mass is 242 g/mol. The van der Waals surface area contributed by atoms with Crippen LogP contribution in [0.4, 0.5) is 0 Å². The maximum absolute atomic E-state index is 12.0. The van der Waals surface area contributed by atoms with E-state index in [0.29, 0.717) is 6.61 Å². The summed E-state index contributed by atoms with van der Waals surface area (Å²) in [5, 5.41) is 3.04. The fraction of sp³-hybridized carbons (Fsp3) is 0.923. The zero-order valence-electron chi connectivity index (χ0n) is 11.7. The Labute approximate surface area is 104 Å². The summed E-state index contributed by atoms with van der Waals surface area (Å²) in [5.41, 5.74) is 5.58. The third kappa shape index (κ3) is 4.28. The highest BCUT2D eigenvalue weighted by Gasteiger charge is 2.33. The van der Waals surface area contributed by atoms with Gasteiger partial charge in [-0.15, -0.1) is 0 Å². The Morgan fingerprint density at radius 1 is 1.47 bits per heavy atom. The maximum atomic E-state index is 12.0. The second-order valence-electron chi connectivity index (χ2n) is 6.65. The number of rotatable bonds is 2. The molecule has 1 rings (SSSR count). The summed E-state index contributed by atoms with van der Waals surface area (Å²) in [6, 6.07) is -0.284. The van der Waals surface area contributed by atoms with Crippen molar-refractivity contribution < 1.29 is 9.53 Å². The Morgan fingerprint density at radius 3 is 2.53 bits per heavy atom. The summed E-state index contributed by atoms with van der Waals surface area (Å²) in [7, 11) is 0. The van der Waals surface area contributed by atoms with Crippen LogP contribution in [-0.4, -0.2) is 30.2 Å². The number of carbonyl (C=O) groups is 1. The molecule has 1 aliphatic rings. The molecule has 0 radical (unpaired) electrons. The largest absolute Gasteiger partial charge is 0.375 e. The molecule has 0 bridgehead atoms. The number of nitrogens with two attached hydrogens (primary N) is 1. The van der Waals surface area contributed by atoms with Gasteiger partial charge in [0.2, 0.25) is 5.91 Å². The van der Waals surface area contributed by atoms with E-state index in [0.717, 1.165) is 12.8 Å². The first-order valence-corrected chi connectivity index (χ1v) is 6.32. The van der Waals surface area contributed by atoms with Crippen molar-refractivity contribution in [1.82, 2.24) is 5.32 Å². The van der Waals surface area contributed by atoms with Gasteiger partial charge >= 0.3 is 0 Å². The highest BCUT2D eigenvalue weighted by Crippen LogP contribution is 2.24. The van der Waals surface area contributed by atoms with Gasteiger partial charge in [-0.3, -0.25) is 4.79 Å². The normalized spacial score (nSPS) is 26.4. The molecule has 2 atom stereocenters. The van der Waals surface area contributed by atoms with Gasteiger partial charge in [-0.1, -0.05) is 20.8 Å². The summed E-state index contributed by atoms with van der Waals surface area (Å²) in [5.74, 6) is -0.0554. The lowest BCUT2D eigenvalue weighted by atomic mass is 9.86. The minimum atomic E-state index is -0.464. The van der Waals surface area contributed by atoms with Crippen molar-refractivity contribution in [2.45, 2.75) is 65.1 Å². The Kier molecular flexibility index (Phi) is 4.20. The number of hydrogen-bond donors (Lipinski definition) is 2. The Morgan fingerprint density at radius 2 is 2.06 bits per heavy atom. The van der Waals surface area contributed by atoms with E-state index in [2.05, 4.69) is 19.2 Å². The lowest BCUT2D eigenvalue weighted by Crippen LogP contribution is -2.54. The van der Waals surface area contributed by atoms with Crippen molar-refractivity contribution in [3.05, 3.63) is 0 Å². The van der Waals surface area contributed by atoms with Crippen LogP contribution in [0.2, 0.25) is 0 Å². The Bertz CT molecular complexity index is 282. The van der Waals surface area contributed by atoms with Gasteiger partial charge in [0, 0.05) is 12.6 Å². The molecule has 0 aliphatic carbocycles. The van der Waals surface area contributed by atoms with Gasteiger partial charge in [0.15, 0.2) is 0 Å². The molecule has 0 spiro atoms. The van der Waals surface area contributed by atoms with E-state index in [1.165, 1.54) is 0 Å². The number of hydrogen-bond acceptors (Lipinski definition) is 3. The molecule has 1 aliphatic heterocycles. The van der Waals surface area contributed by atoms with Crippen molar-refractivity contribution in [1.29, 1.82) is 0 Å². The van der Waals surface area contributed by atoms with E-state index in [4.69, 9.17) is 10.5 Å². The molecule has 3 N–H and O–H groups in total. The molecule has 1 amide bonds. The summed E-state index contributed by atoms with van der Waals surface area (Å²) in [6.45, 7) is 10.7. The van der Waals surface area contributed by atoms with Crippen LogP contribution in [0, 0.1) is 5.41 Å². The molecule has 0 saturated carbocycles. The van der Waals surface area contributed by atoms with Crippen LogP contribution in [0.25, 0.3) is 0 Å². The molecule has 4 nitrogen and oxygen atoms in total. The number of carbonyl (C=O) groups excluding carboxylic acids is 1. The zero-order valence-corrected chi connectivity index (χ0v) is 11.7. The molecule has 0 aromatic carbocycles. The second kappa shape index (κ2) is 4.94. The van der Waals surface area contributed by atoms with Gasteiger partial charge in [-0.2, -0.15) is 0 Å². The molecule has 1 saturated heterocycles. The predicted octanol–water partition coefficient (Wildman–Crippen LogP) is 1.43. The SMILES string of the molecule is CC1(C)CC(NC(=O)[C@H](N)C(C)(C)C)CCO1. The quantitative estimate of drug-likeness (QED) is 0.770. The molecule has 0 aromatic rings. The van der Waals surface area contributed by atoms with Gasteiger partial charge in [-0.05, 0) is 32.1 Å². The van der Waals surface area contributed by atoms with Gasteiger partial charge in [0.05, 0.1) is 11.6 Å². The first kappa shape index (κ1) is 14.5. The summed E-state index contributed by atoms with van der Waals surface area (Å²) in [6.07, 6.45) is 1.71. The van der Waals surface area contributed by atoms with E-state index in [1.807, 2.05) is 20.8 Å². The fourth-order valence-electron chi connectivity index (χ4n) is 2.04. The van der Waals surface area contributed by atoms with Crippen molar-refractivity contribution in [2.24, 2.45) is 11.1 Å². The van der Waals surface area contributed by atoms with E-state index in [9.17, 15) is 4.79 Å². The van der Waals surface area contributed by atoms with Crippen LogP contribution < -0.4 is 11.1 Å². The van der Waals surface area contributed by atoms with E-state index < -0.39 is 6.04 Å². The van der Waals surface area contributed by atoms with Crippen LogP contribution in [0.3, 0.4) is 0 Å². The molecular weight excluding hydrogens is 216 g/mol. The lowest BCUT2D eigenvalue weighted by molar-refractivity contribution is -0.127. The van der Waals surface area contributed by atoms with Crippen molar-refractivity contribution in [3.8, 4) is 0 Å². The summed E-state index contributed by atoms with van der Waals surface area (Å²) in [4.78, 5) is 12.0. The fourth-order valence-corrected chi connectivity index (χ4v) is 2.04. The topological polar surface area (TPSA) is 64.4 Å². The highest BCUT2D eigenvalue weighted by atomic mass is 16.5. The molecule has 17 heavy (non-hydrogen) atoms. The summed E-state index contributed by atoms with van der Waals surface area (Å²) < 4.78 is 5.62. The molecule has 4 heteroatoms. The van der Waals surface area contributed by atoms with Gasteiger partial charge in [-0.25, -0.2) is 0 Å². The minimum Gasteiger partial charge on any atom is -0.375 e. The van der Waals surface area contributed by atoms with E-state index in [1.54, 1.807) is 0 Å². The van der Waals surface area contributed by atoms with Crippen molar-refractivity contribution >= 4 is 5.91 Å².